The topological polar surface area (TPSA) is 51.0 Å². The molecule has 0 atom stereocenters. The zero-order chi connectivity index (χ0) is 7.68. The molecule has 1 aliphatic rings. The standard InChI is InChI=1S/C6H8ClN3O/c7-3-5-9-10-6(11-5)8-4-1-2-4/h4H,1-3H2,(H,8,10). The molecular weight excluding hydrogens is 166 g/mol. The van der Waals surface area contributed by atoms with Crippen LogP contribution in [0.4, 0.5) is 6.01 Å². The highest BCUT2D eigenvalue weighted by atomic mass is 35.5. The second-order valence-corrected chi connectivity index (χ2v) is 2.82. The first-order valence-electron chi connectivity index (χ1n) is 3.53. The summed E-state index contributed by atoms with van der Waals surface area (Å²) in [6.07, 6.45) is 2.39. The molecule has 11 heavy (non-hydrogen) atoms. The predicted molar refractivity (Wildman–Crippen MR) is 40.5 cm³/mol. The van der Waals surface area contributed by atoms with Crippen LogP contribution in [0, 0.1) is 0 Å². The smallest absolute Gasteiger partial charge is 0.315 e. The largest absolute Gasteiger partial charge is 0.407 e. The van der Waals surface area contributed by atoms with Gasteiger partial charge in [0, 0.05) is 6.04 Å². The summed E-state index contributed by atoms with van der Waals surface area (Å²) in [5, 5.41) is 10.5. The lowest BCUT2D eigenvalue weighted by molar-refractivity contribution is 0.525. The summed E-state index contributed by atoms with van der Waals surface area (Å²) in [4.78, 5) is 0. The molecule has 0 aliphatic heterocycles. The third-order valence-electron chi connectivity index (χ3n) is 1.49. The van der Waals surface area contributed by atoms with E-state index >= 15 is 0 Å². The van der Waals surface area contributed by atoms with Gasteiger partial charge in [-0.15, -0.1) is 16.7 Å². The number of nitrogens with zero attached hydrogens (tertiary/aromatic N) is 2. The van der Waals surface area contributed by atoms with Crippen molar-refractivity contribution in [1.82, 2.24) is 10.2 Å². The summed E-state index contributed by atoms with van der Waals surface area (Å²) < 4.78 is 5.12. The first-order valence-corrected chi connectivity index (χ1v) is 4.07. The molecule has 0 unspecified atom stereocenters. The first-order chi connectivity index (χ1) is 5.38. The molecule has 1 aliphatic carbocycles. The van der Waals surface area contributed by atoms with E-state index in [0.29, 0.717) is 17.9 Å². The number of hydrogen-bond acceptors (Lipinski definition) is 4. The van der Waals surface area contributed by atoms with E-state index in [4.69, 9.17) is 16.0 Å². The Morgan fingerprint density at radius 3 is 2.91 bits per heavy atom. The maximum atomic E-state index is 5.47. The Labute approximate surface area is 68.9 Å². The molecule has 5 heteroatoms. The number of nitrogens with one attached hydrogen (secondary N) is 1. The maximum Gasteiger partial charge on any atom is 0.315 e. The highest BCUT2D eigenvalue weighted by molar-refractivity contribution is 6.16. The van der Waals surface area contributed by atoms with Gasteiger partial charge in [0.05, 0.1) is 0 Å². The number of aromatic nitrogens is 2. The Morgan fingerprint density at radius 1 is 1.55 bits per heavy atom. The van der Waals surface area contributed by atoms with Crippen LogP contribution >= 0.6 is 11.6 Å². The molecule has 4 nitrogen and oxygen atoms in total. The second-order valence-electron chi connectivity index (χ2n) is 2.55. The van der Waals surface area contributed by atoms with Crippen LogP contribution in [0.1, 0.15) is 18.7 Å². The molecule has 1 aromatic heterocycles. The van der Waals surface area contributed by atoms with Gasteiger partial charge in [0.15, 0.2) is 0 Å². The summed E-state index contributed by atoms with van der Waals surface area (Å²) in [7, 11) is 0. The van der Waals surface area contributed by atoms with Crippen LogP contribution in [0.2, 0.25) is 0 Å². The van der Waals surface area contributed by atoms with E-state index in [-0.39, 0.29) is 5.88 Å². The predicted octanol–water partition coefficient (Wildman–Crippen LogP) is 1.38. The summed E-state index contributed by atoms with van der Waals surface area (Å²) in [5.74, 6) is 0.745. The van der Waals surface area contributed by atoms with Gasteiger partial charge in [0.2, 0.25) is 5.89 Å². The average Bonchev–Trinajstić information content (AvgIpc) is 2.68. The van der Waals surface area contributed by atoms with Gasteiger partial charge in [-0.05, 0) is 12.8 Å². The summed E-state index contributed by atoms with van der Waals surface area (Å²) in [6, 6.07) is 1.03. The van der Waals surface area contributed by atoms with Crippen LogP contribution in [0.5, 0.6) is 0 Å². The van der Waals surface area contributed by atoms with Crippen molar-refractivity contribution in [3.8, 4) is 0 Å². The molecule has 0 saturated heterocycles. The Kier molecular flexibility index (Phi) is 1.69. The molecule has 1 N–H and O–H groups in total. The normalized spacial score (nSPS) is 16.8. The zero-order valence-corrected chi connectivity index (χ0v) is 6.64. The van der Waals surface area contributed by atoms with Crippen LogP contribution in [0.3, 0.4) is 0 Å². The van der Waals surface area contributed by atoms with Crippen LogP contribution in [-0.2, 0) is 5.88 Å². The van der Waals surface area contributed by atoms with Gasteiger partial charge >= 0.3 is 6.01 Å². The molecule has 1 aromatic rings. The molecule has 2 rings (SSSR count). The number of alkyl halides is 1. The lowest BCUT2D eigenvalue weighted by atomic mass is 10.7. The van der Waals surface area contributed by atoms with Crippen molar-refractivity contribution in [2.75, 3.05) is 5.32 Å². The third kappa shape index (κ3) is 1.63. The van der Waals surface area contributed by atoms with Gasteiger partial charge in [-0.25, -0.2) is 0 Å². The summed E-state index contributed by atoms with van der Waals surface area (Å²) >= 11 is 5.47. The fourth-order valence-electron chi connectivity index (χ4n) is 0.768. The van der Waals surface area contributed by atoms with Gasteiger partial charge in [0.25, 0.3) is 0 Å². The van der Waals surface area contributed by atoms with Crippen LogP contribution in [0.15, 0.2) is 4.42 Å². The fourth-order valence-corrected chi connectivity index (χ4v) is 0.876. The molecule has 0 bridgehead atoms. The Bertz CT molecular complexity index is 246. The van der Waals surface area contributed by atoms with E-state index in [1.165, 1.54) is 12.8 Å². The molecule has 0 amide bonds. The van der Waals surface area contributed by atoms with Crippen molar-refractivity contribution >= 4 is 17.6 Å². The fraction of sp³-hybridized carbons (Fsp3) is 0.667. The first kappa shape index (κ1) is 6.91. The van der Waals surface area contributed by atoms with Gasteiger partial charge < -0.3 is 9.73 Å². The van der Waals surface area contributed by atoms with Gasteiger partial charge in [-0.2, -0.15) is 0 Å². The van der Waals surface area contributed by atoms with Gasteiger partial charge in [-0.3, -0.25) is 0 Å². The Hall–Kier alpha value is -0.770. The van der Waals surface area contributed by atoms with Crippen LogP contribution in [-0.4, -0.2) is 16.2 Å². The number of halogens is 1. The minimum absolute atomic E-state index is 0.277. The van der Waals surface area contributed by atoms with E-state index in [9.17, 15) is 0 Å². The summed E-state index contributed by atoms with van der Waals surface area (Å²) in [6.45, 7) is 0. The van der Waals surface area contributed by atoms with Gasteiger partial charge in [0.1, 0.15) is 5.88 Å². The molecule has 0 aromatic carbocycles. The Balaban J connectivity index is 1.99. The van der Waals surface area contributed by atoms with Crippen molar-refractivity contribution in [2.24, 2.45) is 0 Å². The van der Waals surface area contributed by atoms with E-state index in [1.54, 1.807) is 0 Å². The molecule has 1 fully saturated rings. The van der Waals surface area contributed by atoms with E-state index in [2.05, 4.69) is 15.5 Å². The van der Waals surface area contributed by atoms with Crippen molar-refractivity contribution in [3.05, 3.63) is 5.89 Å². The van der Waals surface area contributed by atoms with Crippen LogP contribution < -0.4 is 5.32 Å². The van der Waals surface area contributed by atoms with Crippen molar-refractivity contribution in [2.45, 2.75) is 24.8 Å². The minimum Gasteiger partial charge on any atom is -0.407 e. The highest BCUT2D eigenvalue weighted by Crippen LogP contribution is 2.23. The molecule has 60 valence electrons. The van der Waals surface area contributed by atoms with E-state index in [0.717, 1.165) is 0 Å². The average molecular weight is 174 g/mol. The molecule has 1 heterocycles. The van der Waals surface area contributed by atoms with E-state index < -0.39 is 0 Å². The molecule has 1 saturated carbocycles. The molecule has 0 spiro atoms. The maximum absolute atomic E-state index is 5.47. The van der Waals surface area contributed by atoms with Crippen LogP contribution in [0.25, 0.3) is 0 Å². The number of hydrogen-bond donors (Lipinski definition) is 1. The Morgan fingerprint density at radius 2 is 2.36 bits per heavy atom. The second kappa shape index (κ2) is 2.70. The highest BCUT2D eigenvalue weighted by Gasteiger charge is 2.22. The number of rotatable bonds is 3. The molecular formula is C6H8ClN3O. The van der Waals surface area contributed by atoms with Gasteiger partial charge in [-0.1, -0.05) is 5.10 Å². The quantitative estimate of drug-likeness (QED) is 0.702. The zero-order valence-electron chi connectivity index (χ0n) is 5.88. The third-order valence-corrected chi connectivity index (χ3v) is 1.71. The molecule has 0 radical (unpaired) electrons. The monoisotopic (exact) mass is 173 g/mol. The van der Waals surface area contributed by atoms with Crippen molar-refractivity contribution < 1.29 is 4.42 Å². The number of anilines is 1. The lowest BCUT2D eigenvalue weighted by Crippen LogP contribution is -2.00. The minimum atomic E-state index is 0.277. The van der Waals surface area contributed by atoms with Crippen molar-refractivity contribution in [1.29, 1.82) is 0 Å². The van der Waals surface area contributed by atoms with E-state index in [1.807, 2.05) is 0 Å². The lowest BCUT2D eigenvalue weighted by Gasteiger charge is -1.92. The summed E-state index contributed by atoms with van der Waals surface area (Å²) in [5.41, 5.74) is 0. The van der Waals surface area contributed by atoms with Crippen molar-refractivity contribution in [3.63, 3.8) is 0 Å². The SMILES string of the molecule is ClCc1nnc(NC2CC2)o1.